The second-order valence-corrected chi connectivity index (χ2v) is 13.6. The quantitative estimate of drug-likeness (QED) is 0.184. The molecule has 0 amide bonds. The minimum Gasteiger partial charge on any atom is -0.395 e. The first-order valence-electron chi connectivity index (χ1n) is 14.4. The Labute approximate surface area is 268 Å². The highest BCUT2D eigenvalue weighted by Gasteiger charge is 2.43. The first kappa shape index (κ1) is 31.8. The van der Waals surface area contributed by atoms with E-state index in [-0.39, 0.29) is 51.4 Å². The van der Waals surface area contributed by atoms with Crippen molar-refractivity contribution in [1.29, 1.82) is 0 Å². The molecule has 0 atom stereocenters. The molecule has 1 saturated carbocycles. The van der Waals surface area contributed by atoms with Gasteiger partial charge < -0.3 is 19.1 Å². The van der Waals surface area contributed by atoms with Crippen molar-refractivity contribution in [3.63, 3.8) is 0 Å². The minimum absolute atomic E-state index is 0.0140. The number of hydrogen-bond donors (Lipinski definition) is 1. The summed E-state index contributed by atoms with van der Waals surface area (Å²) in [6, 6.07) is 10.8. The Balaban J connectivity index is 1.48. The summed E-state index contributed by atoms with van der Waals surface area (Å²) in [4.78, 5) is 8.09. The number of fused-ring (bicyclic) bond motifs is 1. The number of aliphatic hydroxyl groups excluding tert-OH is 1. The standard InChI is InChI=1S/C32H24F6N4O5S/c1-16-39-29(31(34,35)36)14-41(16)25-7-5-18(19-10-23(33)22(15-43)28(11-19)48(2,44)45)9-21(25)30-40-24(17-3-4-17)13-42(30)20-6-8-26-27(12-20)47-32(37,38)46-26/h5-14,17,43H,3-4,15H2,1-2H3. The number of rotatable bonds is 7. The van der Waals surface area contributed by atoms with Crippen LogP contribution in [0.3, 0.4) is 0 Å². The average Bonchev–Trinajstić information content (AvgIpc) is 3.49. The Morgan fingerprint density at radius 2 is 1.69 bits per heavy atom. The van der Waals surface area contributed by atoms with Crippen LogP contribution in [0.5, 0.6) is 11.5 Å². The van der Waals surface area contributed by atoms with E-state index in [9.17, 15) is 35.5 Å². The fraction of sp³-hybridized carbons (Fsp3) is 0.250. The summed E-state index contributed by atoms with van der Waals surface area (Å²) in [5, 5.41) is 9.68. The lowest BCUT2D eigenvalue weighted by Gasteiger charge is -2.17. The molecular formula is C32H24F6N4O5S. The molecule has 7 rings (SSSR count). The summed E-state index contributed by atoms with van der Waals surface area (Å²) in [5.74, 6) is -1.15. The maximum Gasteiger partial charge on any atom is 0.586 e. The number of aryl methyl sites for hydroxylation is 1. The van der Waals surface area contributed by atoms with E-state index >= 15 is 4.39 Å². The first-order valence-corrected chi connectivity index (χ1v) is 16.3. The summed E-state index contributed by atoms with van der Waals surface area (Å²) >= 11 is 0. The van der Waals surface area contributed by atoms with Crippen molar-refractivity contribution in [3.05, 3.63) is 89.5 Å². The monoisotopic (exact) mass is 690 g/mol. The van der Waals surface area contributed by atoms with Crippen LogP contribution in [0.2, 0.25) is 0 Å². The van der Waals surface area contributed by atoms with Crippen molar-refractivity contribution in [2.24, 2.45) is 0 Å². The molecule has 2 aliphatic rings. The molecule has 3 aromatic carbocycles. The number of aliphatic hydroxyl groups is 1. The molecule has 48 heavy (non-hydrogen) atoms. The zero-order valence-electron chi connectivity index (χ0n) is 25.0. The van der Waals surface area contributed by atoms with Crippen LogP contribution in [0.25, 0.3) is 33.9 Å². The summed E-state index contributed by atoms with van der Waals surface area (Å²) in [7, 11) is -4.00. The Morgan fingerprint density at radius 1 is 0.958 bits per heavy atom. The largest absolute Gasteiger partial charge is 0.586 e. The van der Waals surface area contributed by atoms with Crippen molar-refractivity contribution >= 4 is 9.84 Å². The average molecular weight is 691 g/mol. The van der Waals surface area contributed by atoms with Crippen LogP contribution in [0.15, 0.2) is 65.8 Å². The highest BCUT2D eigenvalue weighted by Crippen LogP contribution is 2.45. The Kier molecular flexibility index (Phi) is 7.18. The molecular weight excluding hydrogens is 666 g/mol. The fourth-order valence-corrected chi connectivity index (χ4v) is 6.62. The van der Waals surface area contributed by atoms with Gasteiger partial charge in [-0.1, -0.05) is 6.07 Å². The van der Waals surface area contributed by atoms with E-state index in [0.29, 0.717) is 11.4 Å². The van der Waals surface area contributed by atoms with Gasteiger partial charge in [0.05, 0.1) is 28.6 Å². The molecule has 0 bridgehead atoms. The molecule has 1 aliphatic heterocycles. The molecule has 0 unspecified atom stereocenters. The molecule has 250 valence electrons. The van der Waals surface area contributed by atoms with Crippen LogP contribution in [-0.2, 0) is 22.6 Å². The molecule has 0 radical (unpaired) electrons. The van der Waals surface area contributed by atoms with Crippen LogP contribution in [0, 0.1) is 12.7 Å². The third-order valence-electron chi connectivity index (χ3n) is 8.10. The highest BCUT2D eigenvalue weighted by atomic mass is 32.2. The smallest absolute Gasteiger partial charge is 0.395 e. The maximum absolute atomic E-state index is 15.2. The molecule has 9 nitrogen and oxygen atoms in total. The van der Waals surface area contributed by atoms with Gasteiger partial charge in [-0.25, -0.2) is 22.8 Å². The molecule has 5 aromatic rings. The van der Waals surface area contributed by atoms with Gasteiger partial charge >= 0.3 is 12.5 Å². The normalized spacial score (nSPS) is 15.7. The summed E-state index contributed by atoms with van der Waals surface area (Å²) in [6.45, 7) is 0.511. The number of benzene rings is 3. The first-order chi connectivity index (χ1) is 22.5. The van der Waals surface area contributed by atoms with Gasteiger partial charge in [-0.15, -0.1) is 8.78 Å². The van der Waals surface area contributed by atoms with E-state index in [1.165, 1.54) is 54.0 Å². The summed E-state index contributed by atoms with van der Waals surface area (Å²) < 4.78 is 121. The van der Waals surface area contributed by atoms with Crippen LogP contribution >= 0.6 is 0 Å². The SMILES string of the molecule is Cc1nc(C(F)(F)F)cn1-c1ccc(-c2cc(F)c(CO)c(S(C)(=O)=O)c2)cc1-c1nc(C2CC2)cn1-c1ccc2c(c1)OC(F)(F)O2. The lowest BCUT2D eigenvalue weighted by molar-refractivity contribution is -0.286. The van der Waals surface area contributed by atoms with Gasteiger partial charge in [0.2, 0.25) is 0 Å². The van der Waals surface area contributed by atoms with Gasteiger partial charge in [-0.05, 0) is 67.3 Å². The second kappa shape index (κ2) is 10.8. The van der Waals surface area contributed by atoms with Gasteiger partial charge in [-0.3, -0.25) is 4.57 Å². The number of aromatic nitrogens is 4. The van der Waals surface area contributed by atoms with E-state index in [1.807, 2.05) is 0 Å². The summed E-state index contributed by atoms with van der Waals surface area (Å²) in [5.41, 5.74) is 0.182. The number of nitrogens with zero attached hydrogens (tertiary/aromatic N) is 4. The third-order valence-corrected chi connectivity index (χ3v) is 9.26. The lowest BCUT2D eigenvalue weighted by Crippen LogP contribution is -2.25. The van der Waals surface area contributed by atoms with E-state index in [2.05, 4.69) is 14.5 Å². The van der Waals surface area contributed by atoms with Crippen LogP contribution < -0.4 is 9.47 Å². The fourth-order valence-electron chi connectivity index (χ4n) is 5.67. The van der Waals surface area contributed by atoms with Crippen LogP contribution in [-0.4, -0.2) is 45.2 Å². The number of imidazole rings is 2. The zero-order chi connectivity index (χ0) is 34.3. The van der Waals surface area contributed by atoms with Crippen molar-refractivity contribution < 1.29 is 49.3 Å². The molecule has 3 heterocycles. The predicted molar refractivity (Wildman–Crippen MR) is 158 cm³/mol. The van der Waals surface area contributed by atoms with Gasteiger partial charge in [0.1, 0.15) is 17.5 Å². The van der Waals surface area contributed by atoms with Crippen molar-refractivity contribution in [3.8, 4) is 45.4 Å². The highest BCUT2D eigenvalue weighted by molar-refractivity contribution is 7.90. The van der Waals surface area contributed by atoms with Crippen molar-refractivity contribution in [2.45, 2.75) is 49.7 Å². The number of hydrogen-bond acceptors (Lipinski definition) is 7. The maximum atomic E-state index is 15.2. The second-order valence-electron chi connectivity index (χ2n) is 11.6. The summed E-state index contributed by atoms with van der Waals surface area (Å²) in [6.07, 6.45) is -3.58. The Bertz CT molecular complexity index is 2220. The topological polar surface area (TPSA) is 108 Å². The van der Waals surface area contributed by atoms with E-state index in [1.54, 1.807) is 10.8 Å². The molecule has 16 heteroatoms. The zero-order valence-corrected chi connectivity index (χ0v) is 25.8. The predicted octanol–water partition coefficient (Wildman–Crippen LogP) is 6.95. The molecule has 1 aliphatic carbocycles. The van der Waals surface area contributed by atoms with Gasteiger partial charge in [-0.2, -0.15) is 13.2 Å². The molecule has 0 saturated heterocycles. The van der Waals surface area contributed by atoms with E-state index in [0.717, 1.165) is 31.4 Å². The Hall–Kier alpha value is -4.83. The van der Waals surface area contributed by atoms with Crippen LogP contribution in [0.1, 0.15) is 41.5 Å². The van der Waals surface area contributed by atoms with E-state index in [4.69, 9.17) is 4.98 Å². The number of halogens is 6. The van der Waals surface area contributed by atoms with Gasteiger partial charge in [0.15, 0.2) is 27.0 Å². The number of sulfone groups is 1. The van der Waals surface area contributed by atoms with E-state index < -0.39 is 50.9 Å². The molecule has 0 spiro atoms. The third kappa shape index (κ3) is 5.68. The number of alkyl halides is 5. The van der Waals surface area contributed by atoms with Gasteiger partial charge in [0, 0.05) is 41.8 Å². The minimum atomic E-state index is -4.75. The molecule has 1 N–H and O–H groups in total. The molecule has 1 fully saturated rings. The molecule has 2 aromatic heterocycles. The Morgan fingerprint density at radius 3 is 2.33 bits per heavy atom. The van der Waals surface area contributed by atoms with Gasteiger partial charge in [0.25, 0.3) is 0 Å². The lowest BCUT2D eigenvalue weighted by atomic mass is 9.99. The van der Waals surface area contributed by atoms with Crippen molar-refractivity contribution in [1.82, 2.24) is 19.1 Å². The van der Waals surface area contributed by atoms with Crippen molar-refractivity contribution in [2.75, 3.05) is 6.26 Å². The van der Waals surface area contributed by atoms with Crippen LogP contribution in [0.4, 0.5) is 26.3 Å². The number of ether oxygens (including phenoxy) is 2.